The van der Waals surface area contributed by atoms with Gasteiger partial charge in [-0.25, -0.2) is 13.6 Å². The van der Waals surface area contributed by atoms with Crippen LogP contribution in [0, 0.1) is 0 Å². The molecule has 19 heavy (non-hydrogen) atoms. The lowest BCUT2D eigenvalue weighted by molar-refractivity contribution is 0.598. The Morgan fingerprint density at radius 1 is 1.42 bits per heavy atom. The van der Waals surface area contributed by atoms with E-state index in [2.05, 4.69) is 10.4 Å². The van der Waals surface area contributed by atoms with Crippen molar-refractivity contribution in [1.82, 2.24) is 9.78 Å². The van der Waals surface area contributed by atoms with Crippen LogP contribution in [0.5, 0.6) is 0 Å². The zero-order valence-corrected chi connectivity index (χ0v) is 11.7. The number of aromatic nitrogens is 2. The van der Waals surface area contributed by atoms with Crippen LogP contribution in [0.1, 0.15) is 5.69 Å². The van der Waals surface area contributed by atoms with Crippen molar-refractivity contribution in [3.05, 3.63) is 41.2 Å². The maximum Gasteiger partial charge on any atom is 0.238 e. The van der Waals surface area contributed by atoms with Crippen molar-refractivity contribution in [3.8, 4) is 0 Å². The third-order valence-corrected chi connectivity index (χ3v) is 3.89. The molecule has 102 valence electrons. The Morgan fingerprint density at radius 3 is 2.74 bits per heavy atom. The second kappa shape index (κ2) is 5.20. The number of nitrogens with zero attached hydrogens (tertiary/aromatic N) is 2. The SMILES string of the molecule is Cn1nccc1CNc1cc(S(N)(=O)=O)ccc1Cl. The third-order valence-electron chi connectivity index (χ3n) is 2.65. The molecule has 1 aromatic carbocycles. The molecule has 0 saturated carbocycles. The summed E-state index contributed by atoms with van der Waals surface area (Å²) in [7, 11) is -1.92. The van der Waals surface area contributed by atoms with Gasteiger partial charge < -0.3 is 5.32 Å². The Hall–Kier alpha value is -1.57. The first-order chi connectivity index (χ1) is 8.88. The molecule has 2 aromatic rings. The molecule has 0 spiro atoms. The van der Waals surface area contributed by atoms with E-state index in [0.29, 0.717) is 17.3 Å². The maximum atomic E-state index is 11.3. The first-order valence-electron chi connectivity index (χ1n) is 5.41. The zero-order valence-electron chi connectivity index (χ0n) is 10.2. The minimum Gasteiger partial charge on any atom is -0.378 e. The van der Waals surface area contributed by atoms with Crippen LogP contribution < -0.4 is 10.5 Å². The number of rotatable bonds is 4. The van der Waals surface area contributed by atoms with Crippen molar-refractivity contribution in [3.63, 3.8) is 0 Å². The Kier molecular flexibility index (Phi) is 3.79. The first-order valence-corrected chi connectivity index (χ1v) is 7.33. The molecule has 0 amide bonds. The van der Waals surface area contributed by atoms with Crippen molar-refractivity contribution in [2.24, 2.45) is 12.2 Å². The van der Waals surface area contributed by atoms with Gasteiger partial charge in [0.15, 0.2) is 0 Å². The molecule has 0 aliphatic rings. The molecule has 6 nitrogen and oxygen atoms in total. The molecule has 0 atom stereocenters. The first kappa shape index (κ1) is 13.9. The summed E-state index contributed by atoms with van der Waals surface area (Å²) in [5.74, 6) is 0. The number of hydrogen-bond acceptors (Lipinski definition) is 4. The highest BCUT2D eigenvalue weighted by atomic mass is 35.5. The summed E-state index contributed by atoms with van der Waals surface area (Å²) >= 11 is 6.01. The van der Waals surface area contributed by atoms with Gasteiger partial charge in [-0.05, 0) is 24.3 Å². The van der Waals surface area contributed by atoms with Gasteiger partial charge in [0, 0.05) is 13.2 Å². The number of anilines is 1. The van der Waals surface area contributed by atoms with Crippen molar-refractivity contribution >= 4 is 27.3 Å². The molecule has 0 unspecified atom stereocenters. The van der Waals surface area contributed by atoms with E-state index in [1.165, 1.54) is 18.2 Å². The van der Waals surface area contributed by atoms with Crippen LogP contribution in [0.3, 0.4) is 0 Å². The summed E-state index contributed by atoms with van der Waals surface area (Å²) in [6, 6.07) is 6.12. The van der Waals surface area contributed by atoms with E-state index in [1.54, 1.807) is 10.9 Å². The molecule has 0 saturated heterocycles. The predicted molar refractivity (Wildman–Crippen MR) is 73.4 cm³/mol. The monoisotopic (exact) mass is 300 g/mol. The Bertz CT molecular complexity index is 696. The predicted octanol–water partition coefficient (Wildman–Crippen LogP) is 1.33. The van der Waals surface area contributed by atoms with Gasteiger partial charge >= 0.3 is 0 Å². The maximum absolute atomic E-state index is 11.3. The summed E-state index contributed by atoms with van der Waals surface area (Å²) < 4.78 is 24.3. The lowest BCUT2D eigenvalue weighted by Crippen LogP contribution is -2.13. The average molecular weight is 301 g/mol. The van der Waals surface area contributed by atoms with Crippen molar-refractivity contribution in [2.45, 2.75) is 11.4 Å². The minimum absolute atomic E-state index is 0.0180. The molecule has 0 fully saturated rings. The van der Waals surface area contributed by atoms with Crippen LogP contribution in [0.4, 0.5) is 5.69 Å². The molecule has 0 aliphatic heterocycles. The summed E-state index contributed by atoms with van der Waals surface area (Å²) in [5.41, 5.74) is 1.45. The number of halogens is 1. The molecule has 2 rings (SSSR count). The number of hydrogen-bond donors (Lipinski definition) is 2. The number of aryl methyl sites for hydroxylation is 1. The van der Waals surface area contributed by atoms with Crippen LogP contribution in [0.25, 0.3) is 0 Å². The summed E-state index contributed by atoms with van der Waals surface area (Å²) in [6.07, 6.45) is 1.68. The quantitative estimate of drug-likeness (QED) is 0.891. The normalized spacial score (nSPS) is 11.5. The Labute approximate surface area is 116 Å². The van der Waals surface area contributed by atoms with Gasteiger partial charge in [0.05, 0.1) is 27.8 Å². The molecule has 0 bridgehead atoms. The van der Waals surface area contributed by atoms with Gasteiger partial charge in [-0.2, -0.15) is 5.10 Å². The smallest absolute Gasteiger partial charge is 0.238 e. The molecule has 1 heterocycles. The lowest BCUT2D eigenvalue weighted by Gasteiger charge is -2.10. The number of primary sulfonamides is 1. The third kappa shape index (κ3) is 3.25. The fourth-order valence-electron chi connectivity index (χ4n) is 1.58. The van der Waals surface area contributed by atoms with Crippen molar-refractivity contribution in [2.75, 3.05) is 5.32 Å². The fourth-order valence-corrected chi connectivity index (χ4v) is 2.30. The topological polar surface area (TPSA) is 90.0 Å². The van der Waals surface area contributed by atoms with Crippen LogP contribution >= 0.6 is 11.6 Å². The fraction of sp³-hybridized carbons (Fsp3) is 0.182. The Balaban J connectivity index is 2.23. The standard InChI is InChI=1S/C11H13ClN4O2S/c1-16-8(4-5-15-16)7-14-11-6-9(19(13,17)18)2-3-10(11)12/h2-6,14H,7H2,1H3,(H2,13,17,18). The van der Waals surface area contributed by atoms with Gasteiger partial charge in [-0.1, -0.05) is 11.6 Å². The van der Waals surface area contributed by atoms with Crippen molar-refractivity contribution < 1.29 is 8.42 Å². The molecule has 1 aromatic heterocycles. The van der Waals surface area contributed by atoms with Gasteiger partial charge in [0.2, 0.25) is 10.0 Å². The van der Waals surface area contributed by atoms with E-state index in [1.807, 2.05) is 13.1 Å². The van der Waals surface area contributed by atoms with E-state index < -0.39 is 10.0 Å². The zero-order chi connectivity index (χ0) is 14.0. The van der Waals surface area contributed by atoms with Gasteiger partial charge in [0.25, 0.3) is 0 Å². The summed E-state index contributed by atoms with van der Waals surface area (Å²) in [6.45, 7) is 0.476. The molecule has 3 N–H and O–H groups in total. The molecule has 0 aliphatic carbocycles. The molecular weight excluding hydrogens is 288 g/mol. The number of nitrogens with two attached hydrogens (primary N) is 1. The van der Waals surface area contributed by atoms with Gasteiger partial charge in [0.1, 0.15) is 0 Å². The van der Waals surface area contributed by atoms with E-state index in [9.17, 15) is 8.42 Å². The average Bonchev–Trinajstić information content (AvgIpc) is 2.72. The molecule has 0 radical (unpaired) electrons. The number of nitrogens with one attached hydrogen (secondary N) is 1. The van der Waals surface area contributed by atoms with Crippen LogP contribution in [-0.2, 0) is 23.6 Å². The van der Waals surface area contributed by atoms with Crippen LogP contribution in [0.15, 0.2) is 35.4 Å². The highest BCUT2D eigenvalue weighted by Gasteiger charge is 2.11. The lowest BCUT2D eigenvalue weighted by atomic mass is 10.3. The highest BCUT2D eigenvalue weighted by Crippen LogP contribution is 2.25. The van der Waals surface area contributed by atoms with Crippen molar-refractivity contribution in [1.29, 1.82) is 0 Å². The molecule has 8 heteroatoms. The van der Waals surface area contributed by atoms with E-state index in [-0.39, 0.29) is 4.90 Å². The minimum atomic E-state index is -3.74. The molecular formula is C11H13ClN4O2S. The summed E-state index contributed by atoms with van der Waals surface area (Å²) in [5, 5.41) is 12.6. The van der Waals surface area contributed by atoms with E-state index in [4.69, 9.17) is 16.7 Å². The second-order valence-electron chi connectivity index (χ2n) is 3.99. The van der Waals surface area contributed by atoms with Crippen LogP contribution in [-0.4, -0.2) is 18.2 Å². The van der Waals surface area contributed by atoms with Crippen LogP contribution in [0.2, 0.25) is 5.02 Å². The van der Waals surface area contributed by atoms with E-state index in [0.717, 1.165) is 5.69 Å². The number of sulfonamides is 1. The van der Waals surface area contributed by atoms with E-state index >= 15 is 0 Å². The summed E-state index contributed by atoms with van der Waals surface area (Å²) in [4.78, 5) is 0.0180. The number of benzene rings is 1. The van der Waals surface area contributed by atoms with Gasteiger partial charge in [-0.15, -0.1) is 0 Å². The largest absolute Gasteiger partial charge is 0.378 e. The second-order valence-corrected chi connectivity index (χ2v) is 5.95. The highest BCUT2D eigenvalue weighted by molar-refractivity contribution is 7.89. The van der Waals surface area contributed by atoms with Gasteiger partial charge in [-0.3, -0.25) is 4.68 Å². The Morgan fingerprint density at radius 2 is 2.16 bits per heavy atom.